The zero-order valence-corrected chi connectivity index (χ0v) is 13.0. The van der Waals surface area contributed by atoms with E-state index in [1.165, 1.54) is 0 Å². The lowest BCUT2D eigenvalue weighted by Gasteiger charge is -2.00. The fourth-order valence-electron chi connectivity index (χ4n) is 2.05. The number of nitrogens with one attached hydrogen (secondary N) is 1. The summed E-state index contributed by atoms with van der Waals surface area (Å²) >= 11 is 1.11. The van der Waals surface area contributed by atoms with Gasteiger partial charge in [-0.25, -0.2) is 13.4 Å². The molecular formula is C15H12N2O3S2. The van der Waals surface area contributed by atoms with Crippen LogP contribution in [0, 0.1) is 0 Å². The Morgan fingerprint density at radius 2 is 1.91 bits per heavy atom. The van der Waals surface area contributed by atoms with Crippen LogP contribution in [-0.2, 0) is 20.4 Å². The smallest absolute Gasteiger partial charge is 0.211 e. The molecule has 7 heteroatoms. The van der Waals surface area contributed by atoms with Crippen molar-refractivity contribution in [1.29, 1.82) is 0 Å². The maximum absolute atomic E-state index is 12.5. The van der Waals surface area contributed by atoms with Crippen LogP contribution in [0.4, 0.5) is 5.69 Å². The zero-order chi connectivity index (χ0) is 15.6. The van der Waals surface area contributed by atoms with Crippen LogP contribution in [0.2, 0.25) is 0 Å². The van der Waals surface area contributed by atoms with Crippen LogP contribution in [0.1, 0.15) is 5.56 Å². The fraction of sp³-hybridized carbons (Fsp3) is 0.0667. The largest absolute Gasteiger partial charge is 0.329 e. The van der Waals surface area contributed by atoms with Crippen LogP contribution < -0.4 is 5.32 Å². The predicted molar refractivity (Wildman–Crippen MR) is 86.6 cm³/mol. The summed E-state index contributed by atoms with van der Waals surface area (Å²) in [4.78, 5) is 14.7. The van der Waals surface area contributed by atoms with Gasteiger partial charge in [0, 0.05) is 5.69 Å². The molecule has 2 aromatic carbocycles. The van der Waals surface area contributed by atoms with E-state index >= 15 is 0 Å². The Balaban J connectivity index is 1.96. The van der Waals surface area contributed by atoms with Crippen molar-refractivity contribution >= 4 is 43.5 Å². The van der Waals surface area contributed by atoms with Gasteiger partial charge in [-0.2, -0.15) is 0 Å². The van der Waals surface area contributed by atoms with Gasteiger partial charge in [-0.1, -0.05) is 30.3 Å². The first-order chi connectivity index (χ1) is 10.6. The second kappa shape index (κ2) is 5.86. The quantitative estimate of drug-likeness (QED) is 0.729. The molecule has 0 aliphatic rings. The number of amides is 1. The third kappa shape index (κ3) is 3.00. The molecule has 1 N–H and O–H groups in total. The zero-order valence-electron chi connectivity index (χ0n) is 11.4. The van der Waals surface area contributed by atoms with Crippen LogP contribution >= 0.6 is 11.3 Å². The molecule has 22 heavy (non-hydrogen) atoms. The van der Waals surface area contributed by atoms with E-state index in [1.807, 2.05) is 6.07 Å². The number of fused-ring (bicyclic) bond motifs is 1. The molecular weight excluding hydrogens is 320 g/mol. The Hall–Kier alpha value is -2.25. The van der Waals surface area contributed by atoms with Gasteiger partial charge in [0.1, 0.15) is 0 Å². The van der Waals surface area contributed by atoms with Crippen molar-refractivity contribution in [2.24, 2.45) is 0 Å². The molecule has 0 unspecified atom stereocenters. The van der Waals surface area contributed by atoms with Gasteiger partial charge in [-0.15, -0.1) is 11.3 Å². The normalized spacial score (nSPS) is 11.5. The van der Waals surface area contributed by atoms with Gasteiger partial charge in [-0.3, -0.25) is 4.79 Å². The number of hydrogen-bond acceptors (Lipinski definition) is 5. The first-order valence-electron chi connectivity index (χ1n) is 6.46. The van der Waals surface area contributed by atoms with Gasteiger partial charge >= 0.3 is 0 Å². The maximum atomic E-state index is 12.5. The lowest BCUT2D eigenvalue weighted by Crippen LogP contribution is -2.04. The molecule has 3 rings (SSSR count). The molecule has 1 heterocycles. The summed E-state index contributed by atoms with van der Waals surface area (Å²) in [5.41, 5.74) is 1.94. The molecule has 0 aliphatic heterocycles. The first-order valence-corrected chi connectivity index (χ1v) is 8.93. The molecule has 1 amide bonds. The van der Waals surface area contributed by atoms with Crippen LogP contribution in [0.5, 0.6) is 0 Å². The SMILES string of the molecule is O=CNc1ccc2nc(S(=O)(=O)Cc3ccccc3)sc2c1. The van der Waals surface area contributed by atoms with E-state index < -0.39 is 9.84 Å². The van der Waals surface area contributed by atoms with Gasteiger partial charge in [0.25, 0.3) is 0 Å². The van der Waals surface area contributed by atoms with Crippen molar-refractivity contribution in [2.75, 3.05) is 5.32 Å². The van der Waals surface area contributed by atoms with Crippen molar-refractivity contribution in [3.63, 3.8) is 0 Å². The van der Waals surface area contributed by atoms with Crippen LogP contribution in [-0.4, -0.2) is 19.8 Å². The summed E-state index contributed by atoms with van der Waals surface area (Å²) in [5, 5.41) is 2.54. The molecule has 0 spiro atoms. The molecule has 0 bridgehead atoms. The predicted octanol–water partition coefficient (Wildman–Crippen LogP) is 2.84. The van der Waals surface area contributed by atoms with E-state index in [1.54, 1.807) is 42.5 Å². The van der Waals surface area contributed by atoms with Crippen LogP contribution in [0.25, 0.3) is 10.2 Å². The summed E-state index contributed by atoms with van der Waals surface area (Å²) in [7, 11) is -3.48. The minimum absolute atomic E-state index is 0.0763. The highest BCUT2D eigenvalue weighted by molar-refractivity contribution is 7.92. The van der Waals surface area contributed by atoms with E-state index in [-0.39, 0.29) is 10.1 Å². The molecule has 112 valence electrons. The summed E-state index contributed by atoms with van der Waals surface area (Å²) in [6.07, 6.45) is 0.579. The Morgan fingerprint density at radius 3 is 2.64 bits per heavy atom. The van der Waals surface area contributed by atoms with Gasteiger partial charge in [-0.05, 0) is 23.8 Å². The number of hydrogen-bond donors (Lipinski definition) is 1. The summed E-state index contributed by atoms with van der Waals surface area (Å²) in [6, 6.07) is 14.1. The highest BCUT2D eigenvalue weighted by atomic mass is 32.2. The Morgan fingerprint density at radius 1 is 1.14 bits per heavy atom. The molecule has 5 nitrogen and oxygen atoms in total. The van der Waals surface area contributed by atoms with E-state index in [9.17, 15) is 13.2 Å². The summed E-state index contributed by atoms with van der Waals surface area (Å²) in [6.45, 7) is 0. The molecule has 0 radical (unpaired) electrons. The van der Waals surface area contributed by atoms with Crippen LogP contribution in [0.3, 0.4) is 0 Å². The number of benzene rings is 2. The Kier molecular flexibility index (Phi) is 3.91. The number of nitrogens with zero attached hydrogens (tertiary/aromatic N) is 1. The average molecular weight is 332 g/mol. The van der Waals surface area contributed by atoms with E-state index in [4.69, 9.17) is 0 Å². The molecule has 1 aromatic heterocycles. The monoisotopic (exact) mass is 332 g/mol. The Labute approximate surface area is 131 Å². The first kappa shape index (κ1) is 14.7. The Bertz CT molecular complexity index is 918. The highest BCUT2D eigenvalue weighted by Crippen LogP contribution is 2.29. The van der Waals surface area contributed by atoms with Crippen molar-refractivity contribution in [3.8, 4) is 0 Å². The van der Waals surface area contributed by atoms with Gasteiger partial charge in [0.2, 0.25) is 20.6 Å². The summed E-state index contributed by atoms with van der Waals surface area (Å²) in [5.74, 6) is -0.0763. The number of thiazole rings is 1. The van der Waals surface area contributed by atoms with Crippen molar-refractivity contribution in [3.05, 3.63) is 54.1 Å². The fourth-order valence-corrected chi connectivity index (χ4v) is 4.73. The maximum Gasteiger partial charge on any atom is 0.211 e. The molecule has 0 fully saturated rings. The minimum atomic E-state index is -3.48. The molecule has 0 saturated heterocycles. The van der Waals surface area contributed by atoms with E-state index in [0.717, 1.165) is 21.6 Å². The third-order valence-corrected chi connectivity index (χ3v) is 6.22. The lowest BCUT2D eigenvalue weighted by molar-refractivity contribution is -0.105. The van der Waals surface area contributed by atoms with E-state index in [0.29, 0.717) is 17.6 Å². The number of carbonyl (C=O) groups excluding carboxylic acids is 1. The standard InChI is InChI=1S/C15H12N2O3S2/c18-10-16-12-6-7-13-14(8-12)21-15(17-13)22(19,20)9-11-4-2-1-3-5-11/h1-8,10H,9H2,(H,16,18). The number of rotatable bonds is 5. The number of anilines is 1. The van der Waals surface area contributed by atoms with Crippen LogP contribution in [0.15, 0.2) is 52.9 Å². The van der Waals surface area contributed by atoms with Crippen molar-refractivity contribution in [1.82, 2.24) is 4.98 Å². The highest BCUT2D eigenvalue weighted by Gasteiger charge is 2.20. The minimum Gasteiger partial charge on any atom is -0.329 e. The number of carbonyl (C=O) groups is 1. The topological polar surface area (TPSA) is 76.1 Å². The number of sulfone groups is 1. The van der Waals surface area contributed by atoms with E-state index in [2.05, 4.69) is 10.3 Å². The second-order valence-corrected chi connectivity index (χ2v) is 7.86. The molecule has 0 aliphatic carbocycles. The third-order valence-electron chi connectivity index (χ3n) is 3.06. The van der Waals surface area contributed by atoms with Gasteiger partial charge in [0.15, 0.2) is 0 Å². The van der Waals surface area contributed by atoms with Crippen molar-refractivity contribution < 1.29 is 13.2 Å². The molecule has 0 atom stereocenters. The van der Waals surface area contributed by atoms with Crippen molar-refractivity contribution in [2.45, 2.75) is 10.1 Å². The second-order valence-electron chi connectivity index (χ2n) is 4.67. The lowest BCUT2D eigenvalue weighted by atomic mass is 10.2. The summed E-state index contributed by atoms with van der Waals surface area (Å²) < 4.78 is 25.7. The average Bonchev–Trinajstić information content (AvgIpc) is 2.92. The van der Waals surface area contributed by atoms with Gasteiger partial charge < -0.3 is 5.32 Å². The molecule has 3 aromatic rings. The van der Waals surface area contributed by atoms with Gasteiger partial charge in [0.05, 0.1) is 16.0 Å². The molecule has 0 saturated carbocycles. The number of aromatic nitrogens is 1.